The van der Waals surface area contributed by atoms with Crippen LogP contribution < -0.4 is 10.6 Å². The van der Waals surface area contributed by atoms with Gasteiger partial charge in [0, 0.05) is 16.8 Å². The molecule has 0 bridgehead atoms. The molecule has 110 valence electrons. The summed E-state index contributed by atoms with van der Waals surface area (Å²) >= 11 is 0. The second kappa shape index (κ2) is 4.68. The minimum atomic E-state index is -0.0902. The summed E-state index contributed by atoms with van der Waals surface area (Å²) in [5.74, 6) is 0. The molecule has 23 heavy (non-hydrogen) atoms. The van der Waals surface area contributed by atoms with Crippen LogP contribution in [0.5, 0.6) is 0 Å². The van der Waals surface area contributed by atoms with Crippen LogP contribution in [0.1, 0.15) is 11.9 Å². The van der Waals surface area contributed by atoms with E-state index in [9.17, 15) is 0 Å². The number of rotatable bonds is 1. The lowest BCUT2D eigenvalue weighted by molar-refractivity contribution is 0.850. The predicted octanol–water partition coefficient (Wildman–Crippen LogP) is 4.32. The molecule has 0 atom stereocenters. The van der Waals surface area contributed by atoms with Crippen molar-refractivity contribution in [1.29, 1.82) is 0 Å². The molecule has 5 rings (SSSR count). The van der Waals surface area contributed by atoms with Crippen molar-refractivity contribution in [3.63, 3.8) is 0 Å². The number of nitrogens with one attached hydrogen (secondary N) is 2. The van der Waals surface area contributed by atoms with Crippen LogP contribution in [0.2, 0.25) is 0 Å². The van der Waals surface area contributed by atoms with Gasteiger partial charge in [0.1, 0.15) is 11.9 Å². The van der Waals surface area contributed by atoms with E-state index in [2.05, 4.69) is 52.0 Å². The van der Waals surface area contributed by atoms with Gasteiger partial charge in [-0.15, -0.1) is 0 Å². The first-order valence-corrected chi connectivity index (χ1v) is 7.65. The van der Waals surface area contributed by atoms with E-state index in [-0.39, 0.29) is 6.17 Å². The highest BCUT2D eigenvalue weighted by Crippen LogP contribution is 2.37. The van der Waals surface area contributed by atoms with E-state index in [1.807, 2.05) is 30.5 Å². The number of aromatic nitrogens is 2. The van der Waals surface area contributed by atoms with Crippen molar-refractivity contribution in [1.82, 2.24) is 9.97 Å². The Morgan fingerprint density at radius 2 is 1.43 bits per heavy atom. The SMILES string of the molecule is c1cc2c3c(cccc3c1)NC(c1cnc3ccccc3n1)N2. The highest BCUT2D eigenvalue weighted by Gasteiger charge is 2.21. The van der Waals surface area contributed by atoms with E-state index in [1.54, 1.807) is 0 Å². The zero-order chi connectivity index (χ0) is 15.2. The summed E-state index contributed by atoms with van der Waals surface area (Å²) in [6.07, 6.45) is 1.74. The number of nitrogens with zero attached hydrogens (tertiary/aromatic N) is 2. The summed E-state index contributed by atoms with van der Waals surface area (Å²) in [6.45, 7) is 0. The molecule has 1 aromatic heterocycles. The summed E-state index contributed by atoms with van der Waals surface area (Å²) in [7, 11) is 0. The predicted molar refractivity (Wildman–Crippen MR) is 93.5 cm³/mol. The fourth-order valence-corrected chi connectivity index (χ4v) is 3.19. The fraction of sp³-hybridized carbons (Fsp3) is 0.0526. The van der Waals surface area contributed by atoms with E-state index in [0.717, 1.165) is 28.1 Å². The van der Waals surface area contributed by atoms with Crippen LogP contribution in [0.3, 0.4) is 0 Å². The monoisotopic (exact) mass is 298 g/mol. The van der Waals surface area contributed by atoms with Crippen LogP contribution in [0.4, 0.5) is 11.4 Å². The lowest BCUT2D eigenvalue weighted by atomic mass is 10.0. The highest BCUT2D eigenvalue weighted by atomic mass is 15.2. The van der Waals surface area contributed by atoms with Gasteiger partial charge in [0.2, 0.25) is 0 Å². The Morgan fingerprint density at radius 3 is 2.17 bits per heavy atom. The molecule has 4 heteroatoms. The third-order valence-corrected chi connectivity index (χ3v) is 4.27. The van der Waals surface area contributed by atoms with Gasteiger partial charge in [-0.3, -0.25) is 4.98 Å². The van der Waals surface area contributed by atoms with E-state index in [0.29, 0.717) is 0 Å². The van der Waals surface area contributed by atoms with Gasteiger partial charge in [-0.05, 0) is 29.7 Å². The molecule has 0 fully saturated rings. The number of anilines is 2. The van der Waals surface area contributed by atoms with Crippen molar-refractivity contribution in [3.05, 3.63) is 72.6 Å². The Bertz CT molecular complexity index is 1000. The number of fused-ring (bicyclic) bond motifs is 1. The highest BCUT2D eigenvalue weighted by molar-refractivity contribution is 6.04. The fourth-order valence-electron chi connectivity index (χ4n) is 3.19. The van der Waals surface area contributed by atoms with E-state index < -0.39 is 0 Å². The van der Waals surface area contributed by atoms with Crippen molar-refractivity contribution >= 4 is 33.2 Å². The number of benzene rings is 3. The maximum absolute atomic E-state index is 4.75. The summed E-state index contributed by atoms with van der Waals surface area (Å²) in [6, 6.07) is 20.5. The Morgan fingerprint density at radius 1 is 0.739 bits per heavy atom. The standard InChI is InChI=1S/C19H14N4/c1-2-8-14-13(7-1)20-11-17(21-14)19-22-15-9-3-5-12-6-4-10-16(23-19)18(12)15/h1-11,19,22-23H. The van der Waals surface area contributed by atoms with Gasteiger partial charge in [0.25, 0.3) is 0 Å². The van der Waals surface area contributed by atoms with E-state index in [4.69, 9.17) is 4.98 Å². The van der Waals surface area contributed by atoms with Crippen molar-refractivity contribution in [2.75, 3.05) is 10.6 Å². The van der Waals surface area contributed by atoms with Gasteiger partial charge in [-0.25, -0.2) is 4.98 Å². The first-order valence-electron chi connectivity index (χ1n) is 7.65. The molecule has 0 radical (unpaired) electrons. The summed E-state index contributed by atoms with van der Waals surface area (Å²) in [5.41, 5.74) is 4.95. The summed E-state index contributed by atoms with van der Waals surface area (Å²) in [4.78, 5) is 9.27. The quantitative estimate of drug-likeness (QED) is 0.549. The Balaban J connectivity index is 1.62. The lowest BCUT2D eigenvalue weighted by Crippen LogP contribution is -2.24. The average Bonchev–Trinajstić information content (AvgIpc) is 2.62. The minimum absolute atomic E-state index is 0.0902. The Hall–Kier alpha value is -3.14. The van der Waals surface area contributed by atoms with Gasteiger partial charge >= 0.3 is 0 Å². The van der Waals surface area contributed by atoms with Gasteiger partial charge < -0.3 is 10.6 Å². The van der Waals surface area contributed by atoms with Gasteiger partial charge in [-0.2, -0.15) is 0 Å². The molecule has 0 saturated carbocycles. The molecule has 2 N–H and O–H groups in total. The first-order chi connectivity index (χ1) is 11.4. The van der Waals surface area contributed by atoms with Crippen LogP contribution in [0.25, 0.3) is 21.8 Å². The maximum atomic E-state index is 4.75. The Labute approximate surface area is 133 Å². The van der Waals surface area contributed by atoms with Crippen molar-refractivity contribution in [3.8, 4) is 0 Å². The molecule has 3 aromatic carbocycles. The van der Waals surface area contributed by atoms with Crippen LogP contribution in [0, 0.1) is 0 Å². The molecule has 1 aliphatic rings. The Kier molecular flexibility index (Phi) is 2.52. The zero-order valence-corrected chi connectivity index (χ0v) is 12.3. The molecular weight excluding hydrogens is 284 g/mol. The number of para-hydroxylation sites is 2. The van der Waals surface area contributed by atoms with Gasteiger partial charge in [0.15, 0.2) is 0 Å². The third kappa shape index (κ3) is 1.92. The molecule has 0 amide bonds. The normalized spacial score (nSPS) is 13.7. The van der Waals surface area contributed by atoms with Gasteiger partial charge in [0.05, 0.1) is 17.2 Å². The van der Waals surface area contributed by atoms with E-state index >= 15 is 0 Å². The van der Waals surface area contributed by atoms with Crippen molar-refractivity contribution < 1.29 is 0 Å². The maximum Gasteiger partial charge on any atom is 0.142 e. The summed E-state index contributed by atoms with van der Waals surface area (Å²) < 4.78 is 0. The molecule has 1 aliphatic heterocycles. The molecule has 4 nitrogen and oxygen atoms in total. The number of hydrogen-bond donors (Lipinski definition) is 2. The van der Waals surface area contributed by atoms with Crippen LogP contribution >= 0.6 is 0 Å². The third-order valence-electron chi connectivity index (χ3n) is 4.27. The molecule has 0 unspecified atom stereocenters. The molecule has 4 aromatic rings. The first kappa shape index (κ1) is 12.4. The topological polar surface area (TPSA) is 49.8 Å². The zero-order valence-electron chi connectivity index (χ0n) is 12.3. The molecule has 0 spiro atoms. The van der Waals surface area contributed by atoms with Crippen LogP contribution in [0.15, 0.2) is 66.9 Å². The van der Waals surface area contributed by atoms with Crippen LogP contribution in [-0.4, -0.2) is 9.97 Å². The lowest BCUT2D eigenvalue weighted by Gasteiger charge is -2.29. The van der Waals surface area contributed by atoms with E-state index in [1.165, 1.54) is 10.8 Å². The molecular formula is C19H14N4. The molecule has 0 aliphatic carbocycles. The van der Waals surface area contributed by atoms with Crippen molar-refractivity contribution in [2.45, 2.75) is 6.17 Å². The summed E-state index contributed by atoms with van der Waals surface area (Å²) in [5, 5.41) is 9.50. The average molecular weight is 298 g/mol. The van der Waals surface area contributed by atoms with Crippen LogP contribution in [-0.2, 0) is 0 Å². The van der Waals surface area contributed by atoms with Crippen molar-refractivity contribution in [2.24, 2.45) is 0 Å². The second-order valence-electron chi connectivity index (χ2n) is 5.71. The second-order valence-corrected chi connectivity index (χ2v) is 5.71. The van der Waals surface area contributed by atoms with Gasteiger partial charge in [-0.1, -0.05) is 36.4 Å². The largest absolute Gasteiger partial charge is 0.360 e. The number of hydrogen-bond acceptors (Lipinski definition) is 4. The molecule has 0 saturated heterocycles. The smallest absolute Gasteiger partial charge is 0.142 e. The minimum Gasteiger partial charge on any atom is -0.360 e. The molecule has 2 heterocycles.